The van der Waals surface area contributed by atoms with Crippen LogP contribution in [0.25, 0.3) is 11.4 Å². The van der Waals surface area contributed by atoms with E-state index in [0.717, 1.165) is 12.0 Å². The normalized spacial score (nSPS) is 16.4. The Kier molecular flexibility index (Phi) is 4.37. The van der Waals surface area contributed by atoms with Gasteiger partial charge in [-0.3, -0.25) is 14.9 Å². The third-order valence-electron chi connectivity index (χ3n) is 4.58. The zero-order valence-corrected chi connectivity index (χ0v) is 14.3. The fourth-order valence-corrected chi connectivity index (χ4v) is 3.26. The van der Waals surface area contributed by atoms with Crippen molar-refractivity contribution < 1.29 is 14.2 Å². The first kappa shape index (κ1) is 16.9. The molecule has 0 spiro atoms. The summed E-state index contributed by atoms with van der Waals surface area (Å²) in [6.45, 7) is 0.537. The molecule has 2 heterocycles. The van der Waals surface area contributed by atoms with Gasteiger partial charge < -0.3 is 9.42 Å². The summed E-state index contributed by atoms with van der Waals surface area (Å²) in [5.41, 5.74) is 1.00. The SMILES string of the molecule is O=C(c1cccc([N+](=O)[O-])c1)N1CCCC1c1nc(-c2ccccc2)no1. The van der Waals surface area contributed by atoms with E-state index < -0.39 is 4.92 Å². The fourth-order valence-electron chi connectivity index (χ4n) is 3.26. The number of nitrogens with zero attached hydrogens (tertiary/aromatic N) is 4. The second-order valence-corrected chi connectivity index (χ2v) is 6.29. The lowest BCUT2D eigenvalue weighted by Gasteiger charge is -2.21. The lowest BCUT2D eigenvalue weighted by molar-refractivity contribution is -0.384. The Morgan fingerprint density at radius 2 is 2.00 bits per heavy atom. The van der Waals surface area contributed by atoms with Crippen molar-refractivity contribution in [2.75, 3.05) is 6.54 Å². The number of non-ortho nitro benzene ring substituents is 1. The summed E-state index contributed by atoms with van der Waals surface area (Å²) in [6, 6.07) is 14.9. The first-order valence-corrected chi connectivity index (χ1v) is 8.58. The summed E-state index contributed by atoms with van der Waals surface area (Å²) in [4.78, 5) is 29.4. The van der Waals surface area contributed by atoms with Crippen LogP contribution in [0.15, 0.2) is 59.1 Å². The number of amides is 1. The maximum absolute atomic E-state index is 12.9. The zero-order valence-electron chi connectivity index (χ0n) is 14.3. The van der Waals surface area contributed by atoms with Gasteiger partial charge in [-0.25, -0.2) is 0 Å². The molecule has 0 bridgehead atoms. The number of likely N-dealkylation sites (tertiary alicyclic amines) is 1. The molecule has 1 aliphatic heterocycles. The molecule has 0 saturated carbocycles. The summed E-state index contributed by atoms with van der Waals surface area (Å²) >= 11 is 0. The Hall–Kier alpha value is -3.55. The smallest absolute Gasteiger partial charge is 0.270 e. The first-order chi connectivity index (χ1) is 13.1. The summed E-state index contributed by atoms with van der Waals surface area (Å²) in [6.07, 6.45) is 1.51. The third kappa shape index (κ3) is 3.29. The molecule has 1 amide bonds. The van der Waals surface area contributed by atoms with E-state index in [1.807, 2.05) is 30.3 Å². The van der Waals surface area contributed by atoms with Gasteiger partial charge in [-0.15, -0.1) is 0 Å². The lowest BCUT2D eigenvalue weighted by atomic mass is 10.1. The van der Waals surface area contributed by atoms with Gasteiger partial charge in [0.15, 0.2) is 0 Å². The number of aromatic nitrogens is 2. The second kappa shape index (κ2) is 6.99. The molecule has 2 aromatic carbocycles. The van der Waals surface area contributed by atoms with Gasteiger partial charge in [0.05, 0.1) is 4.92 Å². The summed E-state index contributed by atoms with van der Waals surface area (Å²) in [5.74, 6) is 0.575. The van der Waals surface area contributed by atoms with Crippen LogP contribution in [0, 0.1) is 10.1 Å². The van der Waals surface area contributed by atoms with Crippen LogP contribution in [0.5, 0.6) is 0 Å². The Morgan fingerprint density at radius 1 is 1.19 bits per heavy atom. The van der Waals surface area contributed by atoms with E-state index in [1.165, 1.54) is 18.2 Å². The van der Waals surface area contributed by atoms with E-state index in [4.69, 9.17) is 4.52 Å². The number of benzene rings is 2. The van der Waals surface area contributed by atoms with Crippen molar-refractivity contribution in [1.29, 1.82) is 0 Å². The molecule has 8 nitrogen and oxygen atoms in total. The minimum atomic E-state index is -0.512. The van der Waals surface area contributed by atoms with E-state index >= 15 is 0 Å². The standard InChI is InChI=1S/C19H16N4O4/c24-19(14-8-4-9-15(12-14)23(25)26)22-11-5-10-16(22)18-20-17(21-27-18)13-6-2-1-3-7-13/h1-4,6-9,12,16H,5,10-11H2. The Bertz CT molecular complexity index is 986. The molecule has 0 radical (unpaired) electrons. The first-order valence-electron chi connectivity index (χ1n) is 8.58. The Balaban J connectivity index is 1.59. The van der Waals surface area contributed by atoms with Gasteiger partial charge in [0.25, 0.3) is 11.6 Å². The van der Waals surface area contributed by atoms with Gasteiger partial charge in [0.1, 0.15) is 6.04 Å². The van der Waals surface area contributed by atoms with Gasteiger partial charge in [-0.05, 0) is 18.9 Å². The second-order valence-electron chi connectivity index (χ2n) is 6.29. The quantitative estimate of drug-likeness (QED) is 0.517. The number of rotatable bonds is 4. The highest BCUT2D eigenvalue weighted by atomic mass is 16.6. The number of hydrogen-bond donors (Lipinski definition) is 0. The Morgan fingerprint density at radius 3 is 2.78 bits per heavy atom. The van der Waals surface area contributed by atoms with Crippen LogP contribution in [0.4, 0.5) is 5.69 Å². The lowest BCUT2D eigenvalue weighted by Crippen LogP contribution is -2.30. The monoisotopic (exact) mass is 364 g/mol. The van der Waals surface area contributed by atoms with E-state index in [9.17, 15) is 14.9 Å². The van der Waals surface area contributed by atoms with Crippen molar-refractivity contribution in [3.63, 3.8) is 0 Å². The summed E-state index contributed by atoms with van der Waals surface area (Å²) in [7, 11) is 0. The molecule has 0 N–H and O–H groups in total. The average molecular weight is 364 g/mol. The zero-order chi connectivity index (χ0) is 18.8. The van der Waals surface area contributed by atoms with E-state index in [0.29, 0.717) is 24.7 Å². The highest BCUT2D eigenvalue weighted by molar-refractivity contribution is 5.95. The molecule has 0 aliphatic carbocycles. The molecule has 1 aromatic heterocycles. The van der Waals surface area contributed by atoms with E-state index in [2.05, 4.69) is 10.1 Å². The molecule has 27 heavy (non-hydrogen) atoms. The van der Waals surface area contributed by atoms with E-state index in [-0.39, 0.29) is 23.2 Å². The molecule has 4 rings (SSSR count). The van der Waals surface area contributed by atoms with Gasteiger partial charge in [-0.1, -0.05) is 41.6 Å². The minimum Gasteiger partial charge on any atom is -0.337 e. The number of nitro benzene ring substituents is 1. The topological polar surface area (TPSA) is 102 Å². The fraction of sp³-hybridized carbons (Fsp3) is 0.211. The van der Waals surface area contributed by atoms with Crippen LogP contribution in [0.2, 0.25) is 0 Å². The number of nitro groups is 1. The van der Waals surface area contributed by atoms with Gasteiger partial charge >= 0.3 is 0 Å². The van der Waals surface area contributed by atoms with Crippen LogP contribution in [0.3, 0.4) is 0 Å². The largest absolute Gasteiger partial charge is 0.337 e. The van der Waals surface area contributed by atoms with Crippen molar-refractivity contribution in [3.8, 4) is 11.4 Å². The number of carbonyl (C=O) groups is 1. The van der Waals surface area contributed by atoms with Crippen molar-refractivity contribution in [3.05, 3.63) is 76.2 Å². The van der Waals surface area contributed by atoms with Crippen molar-refractivity contribution >= 4 is 11.6 Å². The molecule has 1 aliphatic rings. The van der Waals surface area contributed by atoms with Crippen LogP contribution < -0.4 is 0 Å². The van der Waals surface area contributed by atoms with Crippen molar-refractivity contribution in [1.82, 2.24) is 15.0 Å². The molecule has 8 heteroatoms. The Labute approximate surface area is 154 Å². The maximum atomic E-state index is 12.9. The highest BCUT2D eigenvalue weighted by Crippen LogP contribution is 2.33. The predicted molar refractivity (Wildman–Crippen MR) is 95.8 cm³/mol. The third-order valence-corrected chi connectivity index (χ3v) is 4.58. The maximum Gasteiger partial charge on any atom is 0.270 e. The summed E-state index contributed by atoms with van der Waals surface area (Å²) < 4.78 is 5.42. The molecule has 1 unspecified atom stereocenters. The van der Waals surface area contributed by atoms with Crippen molar-refractivity contribution in [2.45, 2.75) is 18.9 Å². The van der Waals surface area contributed by atoms with Gasteiger partial charge in [0, 0.05) is 29.8 Å². The molecule has 1 atom stereocenters. The van der Waals surface area contributed by atoms with Crippen molar-refractivity contribution in [2.24, 2.45) is 0 Å². The molecule has 1 saturated heterocycles. The molecule has 136 valence electrons. The van der Waals surface area contributed by atoms with E-state index in [1.54, 1.807) is 11.0 Å². The molecular weight excluding hydrogens is 348 g/mol. The predicted octanol–water partition coefficient (Wildman–Crippen LogP) is 3.62. The average Bonchev–Trinajstić information content (AvgIpc) is 3.37. The number of carbonyl (C=O) groups excluding carboxylic acids is 1. The molecular formula is C19H16N4O4. The van der Waals surface area contributed by atoms with Crippen LogP contribution in [0.1, 0.15) is 35.1 Å². The van der Waals surface area contributed by atoms with Crippen LogP contribution in [-0.4, -0.2) is 32.4 Å². The van der Waals surface area contributed by atoms with Gasteiger partial charge in [0.2, 0.25) is 11.7 Å². The molecule has 1 fully saturated rings. The van der Waals surface area contributed by atoms with Gasteiger partial charge in [-0.2, -0.15) is 4.98 Å². The summed E-state index contributed by atoms with van der Waals surface area (Å²) in [5, 5.41) is 15.0. The number of hydrogen-bond acceptors (Lipinski definition) is 6. The molecule has 3 aromatic rings. The highest BCUT2D eigenvalue weighted by Gasteiger charge is 2.35. The minimum absolute atomic E-state index is 0.110. The van der Waals surface area contributed by atoms with Crippen LogP contribution in [-0.2, 0) is 0 Å². The van der Waals surface area contributed by atoms with Crippen LogP contribution >= 0.6 is 0 Å².